The first kappa shape index (κ1) is 14.7. The van der Waals surface area contributed by atoms with Crippen LogP contribution in [0.3, 0.4) is 0 Å². The molecule has 0 radical (unpaired) electrons. The van der Waals surface area contributed by atoms with Crippen molar-refractivity contribution in [3.05, 3.63) is 46.0 Å². The van der Waals surface area contributed by atoms with E-state index in [-0.39, 0.29) is 0 Å². The Bertz CT molecular complexity index is 610. The van der Waals surface area contributed by atoms with E-state index in [2.05, 4.69) is 66.0 Å². The molecule has 0 saturated carbocycles. The molecule has 2 aromatic rings. The van der Waals surface area contributed by atoms with Crippen LogP contribution in [0.15, 0.2) is 29.0 Å². The van der Waals surface area contributed by atoms with E-state index in [1.165, 1.54) is 15.6 Å². The Morgan fingerprint density at radius 1 is 1.33 bits per heavy atom. The predicted octanol–water partition coefficient (Wildman–Crippen LogP) is 2.17. The van der Waals surface area contributed by atoms with Gasteiger partial charge in [0.25, 0.3) is 0 Å². The average Bonchev–Trinajstić information content (AvgIpc) is 2.95. The fourth-order valence-corrected chi connectivity index (χ4v) is 3.14. The highest BCUT2D eigenvalue weighted by Crippen LogP contribution is 2.22. The third-order valence-electron chi connectivity index (χ3n) is 3.81. The molecule has 1 aromatic carbocycles. The van der Waals surface area contributed by atoms with Gasteiger partial charge in [-0.15, -0.1) is 10.2 Å². The van der Waals surface area contributed by atoms with Crippen LogP contribution in [0.4, 0.5) is 0 Å². The molecule has 0 aliphatic carbocycles. The third kappa shape index (κ3) is 3.51. The Labute approximate surface area is 133 Å². The van der Waals surface area contributed by atoms with Crippen LogP contribution < -0.4 is 5.32 Å². The molecule has 6 heteroatoms. The molecule has 0 saturated heterocycles. The quantitative estimate of drug-likeness (QED) is 0.898. The van der Waals surface area contributed by atoms with Crippen molar-refractivity contribution in [1.29, 1.82) is 0 Å². The summed E-state index contributed by atoms with van der Waals surface area (Å²) in [7, 11) is 0. The van der Waals surface area contributed by atoms with E-state index >= 15 is 0 Å². The van der Waals surface area contributed by atoms with Crippen molar-refractivity contribution in [3.63, 3.8) is 0 Å². The fraction of sp³-hybridized carbons (Fsp3) is 0.467. The number of hydrogen-bond acceptors (Lipinski definition) is 4. The van der Waals surface area contributed by atoms with Crippen LogP contribution >= 0.6 is 15.9 Å². The van der Waals surface area contributed by atoms with Crippen molar-refractivity contribution in [1.82, 2.24) is 25.0 Å². The number of fused-ring (bicyclic) bond motifs is 1. The predicted molar refractivity (Wildman–Crippen MR) is 85.7 cm³/mol. The van der Waals surface area contributed by atoms with Crippen molar-refractivity contribution in [2.75, 3.05) is 13.1 Å². The van der Waals surface area contributed by atoms with Gasteiger partial charge in [-0.05, 0) is 23.7 Å². The summed E-state index contributed by atoms with van der Waals surface area (Å²) in [5.74, 6) is 1.06. The molecule has 0 unspecified atom stereocenters. The van der Waals surface area contributed by atoms with Crippen molar-refractivity contribution in [2.24, 2.45) is 0 Å². The lowest BCUT2D eigenvalue weighted by Crippen LogP contribution is -2.33. The monoisotopic (exact) mass is 349 g/mol. The third-order valence-corrected chi connectivity index (χ3v) is 4.55. The Morgan fingerprint density at radius 2 is 2.24 bits per heavy atom. The van der Waals surface area contributed by atoms with Gasteiger partial charge in [0.15, 0.2) is 0 Å². The normalized spacial score (nSPS) is 15.1. The van der Waals surface area contributed by atoms with Gasteiger partial charge in [0.2, 0.25) is 0 Å². The second-order valence-electron chi connectivity index (χ2n) is 5.36. The van der Waals surface area contributed by atoms with Crippen LogP contribution in [0.5, 0.6) is 0 Å². The van der Waals surface area contributed by atoms with Gasteiger partial charge in [-0.3, -0.25) is 4.90 Å². The average molecular weight is 350 g/mol. The summed E-state index contributed by atoms with van der Waals surface area (Å²) in [5, 5.41) is 11.5. The minimum Gasteiger partial charge on any atom is -0.315 e. The molecule has 0 amide bonds. The van der Waals surface area contributed by atoms with Gasteiger partial charge in [0, 0.05) is 30.7 Å². The van der Waals surface area contributed by atoms with Gasteiger partial charge in [-0.1, -0.05) is 35.0 Å². The van der Waals surface area contributed by atoms with E-state index in [4.69, 9.17) is 0 Å². The maximum Gasteiger partial charge on any atom is 0.147 e. The summed E-state index contributed by atoms with van der Waals surface area (Å²) in [4.78, 5) is 2.41. The van der Waals surface area contributed by atoms with E-state index in [1.807, 2.05) is 6.33 Å². The summed E-state index contributed by atoms with van der Waals surface area (Å²) < 4.78 is 3.32. The molecule has 5 nitrogen and oxygen atoms in total. The molecule has 3 rings (SSSR count). The second kappa shape index (κ2) is 6.68. The Balaban J connectivity index is 1.65. The number of nitrogens with one attached hydrogen (secondary N) is 1. The molecular formula is C15H20BrN5. The Morgan fingerprint density at radius 3 is 3.05 bits per heavy atom. The first-order valence-electron chi connectivity index (χ1n) is 7.33. The highest BCUT2D eigenvalue weighted by atomic mass is 79.9. The topological polar surface area (TPSA) is 46.0 Å². The van der Waals surface area contributed by atoms with Gasteiger partial charge >= 0.3 is 0 Å². The number of benzene rings is 1. The first-order chi connectivity index (χ1) is 10.3. The van der Waals surface area contributed by atoms with Crippen LogP contribution in [-0.2, 0) is 26.2 Å². The Kier molecular flexibility index (Phi) is 4.67. The van der Waals surface area contributed by atoms with Crippen molar-refractivity contribution in [3.8, 4) is 0 Å². The summed E-state index contributed by atoms with van der Waals surface area (Å²) in [6.07, 6.45) is 1.82. The van der Waals surface area contributed by atoms with Crippen molar-refractivity contribution < 1.29 is 0 Å². The highest BCUT2D eigenvalue weighted by molar-refractivity contribution is 9.10. The molecule has 112 valence electrons. The van der Waals surface area contributed by atoms with Crippen LogP contribution in [0.1, 0.15) is 23.9 Å². The van der Waals surface area contributed by atoms with Crippen LogP contribution in [0.2, 0.25) is 0 Å². The Hall–Kier alpha value is -1.24. The largest absolute Gasteiger partial charge is 0.315 e. The molecule has 1 aliphatic rings. The number of halogens is 1. The lowest BCUT2D eigenvalue weighted by atomic mass is 10.1. The van der Waals surface area contributed by atoms with E-state index < -0.39 is 0 Å². The molecule has 0 fully saturated rings. The zero-order chi connectivity index (χ0) is 14.7. The summed E-state index contributed by atoms with van der Waals surface area (Å²) >= 11 is 3.70. The molecule has 21 heavy (non-hydrogen) atoms. The summed E-state index contributed by atoms with van der Waals surface area (Å²) in [6, 6.07) is 6.63. The van der Waals surface area contributed by atoms with Gasteiger partial charge in [-0.25, -0.2) is 0 Å². The maximum absolute atomic E-state index is 4.17. The first-order valence-corrected chi connectivity index (χ1v) is 8.12. The molecule has 1 aliphatic heterocycles. The zero-order valence-electron chi connectivity index (χ0n) is 12.2. The van der Waals surface area contributed by atoms with E-state index in [0.717, 1.165) is 45.1 Å². The highest BCUT2D eigenvalue weighted by Gasteiger charge is 2.18. The fourth-order valence-electron chi connectivity index (χ4n) is 2.59. The molecule has 0 atom stereocenters. The van der Waals surface area contributed by atoms with E-state index in [9.17, 15) is 0 Å². The van der Waals surface area contributed by atoms with Crippen molar-refractivity contribution >= 4 is 15.9 Å². The summed E-state index contributed by atoms with van der Waals surface area (Å²) in [5.41, 5.74) is 2.63. The SMILES string of the molecule is CCNCc1ccc(CN2CCn3cnnc3C2)c(Br)c1. The standard InChI is InChI=1S/C15H20BrN5/c1-2-17-8-12-3-4-13(14(16)7-12)9-20-5-6-21-11-18-19-15(21)10-20/h3-4,7,11,17H,2,5-6,8-10H2,1H3. The van der Waals surface area contributed by atoms with Crippen molar-refractivity contribution in [2.45, 2.75) is 33.1 Å². The zero-order valence-corrected chi connectivity index (χ0v) is 13.8. The smallest absolute Gasteiger partial charge is 0.147 e. The van der Waals surface area contributed by atoms with Crippen LogP contribution in [-0.4, -0.2) is 32.8 Å². The van der Waals surface area contributed by atoms with Gasteiger partial charge in [0.1, 0.15) is 12.2 Å². The maximum atomic E-state index is 4.17. The lowest BCUT2D eigenvalue weighted by molar-refractivity contribution is 0.208. The minimum absolute atomic E-state index is 0.867. The molecule has 1 N–H and O–H groups in total. The lowest BCUT2D eigenvalue weighted by Gasteiger charge is -2.27. The van der Waals surface area contributed by atoms with Gasteiger partial charge in [0.05, 0.1) is 6.54 Å². The van der Waals surface area contributed by atoms with Crippen LogP contribution in [0, 0.1) is 0 Å². The molecule has 0 spiro atoms. The summed E-state index contributed by atoms with van der Waals surface area (Å²) in [6.45, 7) is 7.85. The van der Waals surface area contributed by atoms with Crippen LogP contribution in [0.25, 0.3) is 0 Å². The number of hydrogen-bond donors (Lipinski definition) is 1. The number of aromatic nitrogens is 3. The molecule has 2 heterocycles. The number of rotatable bonds is 5. The number of nitrogens with zero attached hydrogens (tertiary/aromatic N) is 4. The van der Waals surface area contributed by atoms with E-state index in [0.29, 0.717) is 0 Å². The molecule has 1 aromatic heterocycles. The molecular weight excluding hydrogens is 330 g/mol. The van der Waals surface area contributed by atoms with Gasteiger partial charge < -0.3 is 9.88 Å². The van der Waals surface area contributed by atoms with E-state index in [1.54, 1.807) is 0 Å². The second-order valence-corrected chi connectivity index (χ2v) is 6.21. The minimum atomic E-state index is 0.867. The molecule has 0 bridgehead atoms. The van der Waals surface area contributed by atoms with Gasteiger partial charge in [-0.2, -0.15) is 0 Å².